The fraction of sp³-hybridized carbons (Fsp3) is 0.682. The Morgan fingerprint density at radius 2 is 1.75 bits per heavy atom. The van der Waals surface area contributed by atoms with Crippen molar-refractivity contribution in [2.75, 3.05) is 12.4 Å². The van der Waals surface area contributed by atoms with Crippen LogP contribution >= 0.6 is 11.8 Å². The van der Waals surface area contributed by atoms with Crippen molar-refractivity contribution in [2.24, 2.45) is 5.92 Å². The normalized spacial score (nSPS) is 24.4. The summed E-state index contributed by atoms with van der Waals surface area (Å²) in [6.45, 7) is -0.0992. The Bertz CT molecular complexity index is 700. The number of aliphatic carboxylic acids is 1. The Labute approximate surface area is 189 Å². The standard InChI is InChI=1S/C22H31F3O6S/c23-22(24,25)14-7-9-16(10-8-14)31-12-15(26)13-32-21-17(18(27)11-19(21)28)5-3-1-2-4-6-20(29)30/h7-10,15,17-19,21,26-28H,1-6,11-13H2,(H,29,30)/t15?,17-,18?,19?,21+/m0/s1. The molecule has 4 N–H and O–H groups in total. The average molecular weight is 481 g/mol. The van der Waals surface area contributed by atoms with Gasteiger partial charge in [0.15, 0.2) is 0 Å². The van der Waals surface area contributed by atoms with Crippen molar-refractivity contribution in [3.05, 3.63) is 29.8 Å². The largest absolute Gasteiger partial charge is 0.491 e. The minimum Gasteiger partial charge on any atom is -0.491 e. The van der Waals surface area contributed by atoms with E-state index in [0.717, 1.165) is 31.4 Å². The molecule has 0 saturated heterocycles. The molecule has 1 fully saturated rings. The molecule has 0 bridgehead atoms. The first kappa shape index (κ1) is 26.8. The van der Waals surface area contributed by atoms with Crippen LogP contribution in [0, 0.1) is 5.92 Å². The molecular formula is C22H31F3O6S. The first-order valence-electron chi connectivity index (χ1n) is 10.8. The van der Waals surface area contributed by atoms with E-state index in [-0.39, 0.29) is 42.1 Å². The summed E-state index contributed by atoms with van der Waals surface area (Å²) in [5.74, 6) is -0.446. The highest BCUT2D eigenvalue weighted by Crippen LogP contribution is 2.39. The summed E-state index contributed by atoms with van der Waals surface area (Å²) in [5, 5.41) is 39.2. The van der Waals surface area contributed by atoms with Gasteiger partial charge in [0.25, 0.3) is 0 Å². The number of carboxylic acids is 1. The van der Waals surface area contributed by atoms with Crippen molar-refractivity contribution in [1.82, 2.24) is 0 Å². The number of hydrogen-bond donors (Lipinski definition) is 4. The van der Waals surface area contributed by atoms with Gasteiger partial charge >= 0.3 is 12.1 Å². The second-order valence-electron chi connectivity index (χ2n) is 8.17. The van der Waals surface area contributed by atoms with Crippen LogP contribution in [0.25, 0.3) is 0 Å². The number of aliphatic hydroxyl groups is 3. The van der Waals surface area contributed by atoms with Gasteiger partial charge in [-0.1, -0.05) is 19.3 Å². The number of benzene rings is 1. The van der Waals surface area contributed by atoms with Gasteiger partial charge in [-0.3, -0.25) is 4.79 Å². The van der Waals surface area contributed by atoms with Gasteiger partial charge in [-0.15, -0.1) is 0 Å². The lowest BCUT2D eigenvalue weighted by molar-refractivity contribution is -0.138. The molecule has 0 aliphatic heterocycles. The molecule has 1 aromatic rings. The molecule has 1 aromatic carbocycles. The first-order chi connectivity index (χ1) is 15.1. The van der Waals surface area contributed by atoms with E-state index in [9.17, 15) is 33.3 Å². The Morgan fingerprint density at radius 3 is 2.38 bits per heavy atom. The zero-order valence-corrected chi connectivity index (χ0v) is 18.5. The van der Waals surface area contributed by atoms with Crippen LogP contribution in [0.4, 0.5) is 13.2 Å². The predicted molar refractivity (Wildman–Crippen MR) is 115 cm³/mol. The summed E-state index contributed by atoms with van der Waals surface area (Å²) in [7, 11) is 0. The lowest BCUT2D eigenvalue weighted by Gasteiger charge is -2.24. The predicted octanol–water partition coefficient (Wildman–Crippen LogP) is 3.71. The molecule has 10 heteroatoms. The molecule has 3 unspecified atom stereocenters. The molecule has 2 rings (SSSR count). The summed E-state index contributed by atoms with van der Waals surface area (Å²) < 4.78 is 43.1. The minimum absolute atomic E-state index is 0.0992. The van der Waals surface area contributed by atoms with E-state index in [1.165, 1.54) is 23.9 Å². The van der Waals surface area contributed by atoms with Gasteiger partial charge in [0, 0.05) is 23.8 Å². The maximum Gasteiger partial charge on any atom is 0.416 e. The third kappa shape index (κ3) is 8.80. The number of unbranched alkanes of at least 4 members (excludes halogenated alkanes) is 3. The quantitative estimate of drug-likeness (QED) is 0.319. The van der Waals surface area contributed by atoms with E-state index < -0.39 is 36.0 Å². The van der Waals surface area contributed by atoms with Crippen LogP contribution < -0.4 is 4.74 Å². The highest BCUT2D eigenvalue weighted by atomic mass is 32.2. The minimum atomic E-state index is -4.42. The monoisotopic (exact) mass is 480 g/mol. The van der Waals surface area contributed by atoms with Crippen molar-refractivity contribution < 1.29 is 43.1 Å². The van der Waals surface area contributed by atoms with Crippen molar-refractivity contribution in [2.45, 2.75) is 74.7 Å². The maximum absolute atomic E-state index is 12.6. The van der Waals surface area contributed by atoms with E-state index in [0.29, 0.717) is 12.8 Å². The lowest BCUT2D eigenvalue weighted by atomic mass is 9.97. The molecule has 1 aliphatic rings. The third-order valence-electron chi connectivity index (χ3n) is 5.56. The SMILES string of the molecule is O=C(O)CCCCCC[C@H]1C(O)CC(O)[C@@H]1SCC(O)COc1ccc(C(F)(F)F)cc1. The van der Waals surface area contributed by atoms with Crippen molar-refractivity contribution in [1.29, 1.82) is 0 Å². The zero-order valence-electron chi connectivity index (χ0n) is 17.7. The molecule has 32 heavy (non-hydrogen) atoms. The molecule has 1 aliphatic carbocycles. The number of carbonyl (C=O) groups is 1. The smallest absolute Gasteiger partial charge is 0.416 e. The summed E-state index contributed by atoms with van der Waals surface area (Å²) in [5.41, 5.74) is -0.775. The summed E-state index contributed by atoms with van der Waals surface area (Å²) in [6.07, 6.45) is -2.38. The maximum atomic E-state index is 12.6. The average Bonchev–Trinajstić information content (AvgIpc) is 2.99. The third-order valence-corrected chi connectivity index (χ3v) is 7.19. The fourth-order valence-electron chi connectivity index (χ4n) is 3.86. The Kier molecular flexibility index (Phi) is 10.6. The van der Waals surface area contributed by atoms with Gasteiger partial charge in [-0.05, 0) is 43.0 Å². The summed E-state index contributed by atoms with van der Waals surface area (Å²) >= 11 is 1.36. The Hall–Kier alpha value is -1.49. The lowest BCUT2D eigenvalue weighted by Crippen LogP contribution is -2.28. The first-order valence-corrected chi connectivity index (χ1v) is 11.8. The van der Waals surface area contributed by atoms with Gasteiger partial charge in [0.1, 0.15) is 12.4 Å². The number of aliphatic hydroxyl groups excluding tert-OH is 3. The van der Waals surface area contributed by atoms with Gasteiger partial charge in [0.05, 0.1) is 23.9 Å². The number of alkyl halides is 3. The van der Waals surface area contributed by atoms with Gasteiger partial charge in [-0.25, -0.2) is 0 Å². The second-order valence-corrected chi connectivity index (χ2v) is 9.38. The van der Waals surface area contributed by atoms with Crippen LogP contribution in [-0.2, 0) is 11.0 Å². The molecule has 1 saturated carbocycles. The van der Waals surface area contributed by atoms with Crippen LogP contribution in [0.2, 0.25) is 0 Å². The molecule has 0 spiro atoms. The Morgan fingerprint density at radius 1 is 1.09 bits per heavy atom. The van der Waals surface area contributed by atoms with Crippen LogP contribution in [0.5, 0.6) is 5.75 Å². The number of halogens is 3. The van der Waals surface area contributed by atoms with Gasteiger partial charge < -0.3 is 25.2 Å². The number of rotatable bonds is 13. The topological polar surface area (TPSA) is 107 Å². The molecule has 0 amide bonds. The molecule has 6 nitrogen and oxygen atoms in total. The molecule has 182 valence electrons. The molecular weight excluding hydrogens is 449 g/mol. The van der Waals surface area contributed by atoms with E-state index in [2.05, 4.69) is 0 Å². The van der Waals surface area contributed by atoms with E-state index in [1.54, 1.807) is 0 Å². The molecule has 0 heterocycles. The van der Waals surface area contributed by atoms with E-state index in [4.69, 9.17) is 9.84 Å². The van der Waals surface area contributed by atoms with Gasteiger partial charge in [-0.2, -0.15) is 24.9 Å². The highest BCUT2D eigenvalue weighted by Gasteiger charge is 2.41. The van der Waals surface area contributed by atoms with Crippen LogP contribution in [0.15, 0.2) is 24.3 Å². The molecule has 0 aromatic heterocycles. The Balaban J connectivity index is 1.73. The number of thioether (sulfide) groups is 1. The number of ether oxygens (including phenoxy) is 1. The highest BCUT2D eigenvalue weighted by molar-refractivity contribution is 8.00. The van der Waals surface area contributed by atoms with E-state index in [1.807, 2.05) is 0 Å². The molecule has 5 atom stereocenters. The summed E-state index contributed by atoms with van der Waals surface area (Å²) in [6, 6.07) is 4.23. The molecule has 0 radical (unpaired) electrons. The van der Waals surface area contributed by atoms with Crippen LogP contribution in [0.3, 0.4) is 0 Å². The summed E-state index contributed by atoms with van der Waals surface area (Å²) in [4.78, 5) is 10.5. The van der Waals surface area contributed by atoms with E-state index >= 15 is 0 Å². The second kappa shape index (κ2) is 12.7. The fourth-order valence-corrected chi connectivity index (χ4v) is 5.30. The number of carboxylic acid groups (broad SMARTS) is 1. The number of hydrogen-bond acceptors (Lipinski definition) is 6. The van der Waals surface area contributed by atoms with Crippen LogP contribution in [0.1, 0.15) is 50.5 Å². The van der Waals surface area contributed by atoms with Crippen molar-refractivity contribution in [3.63, 3.8) is 0 Å². The van der Waals surface area contributed by atoms with Crippen molar-refractivity contribution in [3.8, 4) is 5.75 Å². The van der Waals surface area contributed by atoms with Crippen LogP contribution in [-0.4, -0.2) is 62.3 Å². The van der Waals surface area contributed by atoms with Gasteiger partial charge in [0.2, 0.25) is 0 Å². The zero-order chi connectivity index (χ0) is 23.7. The van der Waals surface area contributed by atoms with Crippen molar-refractivity contribution >= 4 is 17.7 Å².